The van der Waals surface area contributed by atoms with Gasteiger partial charge >= 0.3 is 0 Å². The van der Waals surface area contributed by atoms with Crippen molar-refractivity contribution in [1.82, 2.24) is 0 Å². The lowest BCUT2D eigenvalue weighted by Gasteiger charge is -2.45. The molecule has 3 heterocycles. The maximum atomic E-state index is 10.9. The summed E-state index contributed by atoms with van der Waals surface area (Å²) in [5, 5.41) is 30.8. The van der Waals surface area contributed by atoms with Crippen LogP contribution in [0.15, 0.2) is 12.3 Å². The second kappa shape index (κ2) is 10.8. The third-order valence-corrected chi connectivity index (χ3v) is 12.0. The first-order valence-electron chi connectivity index (χ1n) is 12.4. The highest BCUT2D eigenvalue weighted by atomic mass is 28.4. The summed E-state index contributed by atoms with van der Waals surface area (Å²) in [6.07, 6.45) is -2.87. The minimum atomic E-state index is -2.06. The highest BCUT2D eigenvalue weighted by Gasteiger charge is 2.46. The van der Waals surface area contributed by atoms with Gasteiger partial charge in [0.05, 0.1) is 36.8 Å². The van der Waals surface area contributed by atoms with Crippen molar-refractivity contribution in [2.75, 3.05) is 0 Å². The lowest BCUT2D eigenvalue weighted by atomic mass is 10.00. The molecule has 0 aromatic rings. The molecule has 34 heavy (non-hydrogen) atoms. The Morgan fingerprint density at radius 1 is 0.824 bits per heavy atom. The summed E-state index contributed by atoms with van der Waals surface area (Å²) in [5.74, 6) is 0. The quantitative estimate of drug-likeness (QED) is 0.469. The van der Waals surface area contributed by atoms with Crippen molar-refractivity contribution in [2.45, 2.75) is 140 Å². The van der Waals surface area contributed by atoms with E-state index in [-0.39, 0.29) is 36.2 Å². The van der Waals surface area contributed by atoms with Gasteiger partial charge in [-0.1, -0.05) is 20.8 Å². The van der Waals surface area contributed by atoms with Gasteiger partial charge in [0.1, 0.15) is 24.4 Å². The minimum absolute atomic E-state index is 0.0475. The first kappa shape index (κ1) is 28.0. The first-order chi connectivity index (χ1) is 15.7. The molecule has 0 aromatic heterocycles. The van der Waals surface area contributed by atoms with Gasteiger partial charge in [0.25, 0.3) is 0 Å². The molecule has 0 aliphatic carbocycles. The number of ether oxygens (including phenoxy) is 5. The van der Waals surface area contributed by atoms with Gasteiger partial charge in [-0.15, -0.1) is 0 Å². The maximum Gasteiger partial charge on any atom is 0.193 e. The maximum absolute atomic E-state index is 10.9. The van der Waals surface area contributed by atoms with Gasteiger partial charge in [0.2, 0.25) is 0 Å². The topological polar surface area (TPSA) is 116 Å². The Morgan fingerprint density at radius 2 is 1.38 bits per heavy atom. The number of rotatable bonds is 6. The summed E-state index contributed by atoms with van der Waals surface area (Å²) in [6, 6.07) is 0. The first-order valence-corrected chi connectivity index (χ1v) is 15.3. The molecule has 0 spiro atoms. The van der Waals surface area contributed by atoms with Crippen LogP contribution < -0.4 is 0 Å². The molecule has 0 unspecified atom stereocenters. The van der Waals surface area contributed by atoms with Crippen molar-refractivity contribution < 1.29 is 43.4 Å². The molecule has 3 rings (SSSR count). The Bertz CT molecular complexity index is 672. The van der Waals surface area contributed by atoms with E-state index in [4.69, 9.17) is 28.1 Å². The molecular weight excluding hydrogens is 460 g/mol. The fourth-order valence-electron chi connectivity index (χ4n) is 4.28. The van der Waals surface area contributed by atoms with Crippen molar-refractivity contribution >= 4 is 8.32 Å². The average Bonchev–Trinajstić information content (AvgIpc) is 2.70. The van der Waals surface area contributed by atoms with Crippen molar-refractivity contribution in [2.24, 2.45) is 0 Å². The third-order valence-electron chi connectivity index (χ3n) is 7.52. The predicted octanol–water partition coefficient (Wildman–Crippen LogP) is 2.43. The standard InChI is InChI=1S/C24H44O9Si/c1-13-21(27)16(25)11-19(29-13)31-22-15(3)30-20(12-17(22)26)32-23-14(2)28-10-9-18(23)33-34(7,8)24(4,5)6/h9-10,13-23,25-27H,11-12H2,1-8H3/t13-,14-,15-,16-,17-,18-,19-,20-,21+,22+,23+/m0/s1. The van der Waals surface area contributed by atoms with E-state index in [0.29, 0.717) is 0 Å². The van der Waals surface area contributed by atoms with Gasteiger partial charge in [0, 0.05) is 12.8 Å². The molecule has 0 bridgehead atoms. The highest BCUT2D eigenvalue weighted by Crippen LogP contribution is 2.39. The molecule has 10 heteroatoms. The lowest BCUT2D eigenvalue weighted by Crippen LogP contribution is -2.56. The zero-order chi connectivity index (χ0) is 25.4. The van der Waals surface area contributed by atoms with Crippen LogP contribution in [0, 0.1) is 0 Å². The number of hydrogen-bond acceptors (Lipinski definition) is 9. The van der Waals surface area contributed by atoms with E-state index in [1.807, 2.05) is 19.9 Å². The van der Waals surface area contributed by atoms with E-state index < -0.39 is 57.5 Å². The molecule has 3 aliphatic heterocycles. The summed E-state index contributed by atoms with van der Waals surface area (Å²) >= 11 is 0. The highest BCUT2D eigenvalue weighted by molar-refractivity contribution is 6.74. The predicted molar refractivity (Wildman–Crippen MR) is 127 cm³/mol. The Kier molecular flexibility index (Phi) is 8.91. The van der Waals surface area contributed by atoms with Crippen molar-refractivity contribution in [3.05, 3.63) is 12.3 Å². The molecular formula is C24H44O9Si. The molecule has 0 aromatic carbocycles. The van der Waals surface area contributed by atoms with Gasteiger partial charge in [-0.25, -0.2) is 0 Å². The zero-order valence-corrected chi connectivity index (χ0v) is 22.7. The monoisotopic (exact) mass is 504 g/mol. The van der Waals surface area contributed by atoms with Crippen LogP contribution in [0.5, 0.6) is 0 Å². The Hall–Kier alpha value is -0.563. The van der Waals surface area contributed by atoms with E-state index in [2.05, 4.69) is 33.9 Å². The molecule has 2 fully saturated rings. The Morgan fingerprint density at radius 3 is 1.94 bits per heavy atom. The Balaban J connectivity index is 1.61. The lowest BCUT2D eigenvalue weighted by molar-refractivity contribution is -0.320. The molecule has 2 saturated heterocycles. The molecule has 0 amide bonds. The SMILES string of the molecule is C[C@@H]1O[C@@H](O[C@@H]2[C@H](C)O[C@@H](O[C@@H]3[C@H](C)OC=C[C@@H]3O[Si](C)(C)C(C)(C)C)C[C@@H]2O)C[C@H](O)[C@@H]1O. The third kappa shape index (κ3) is 6.40. The average molecular weight is 505 g/mol. The minimum Gasteiger partial charge on any atom is -0.496 e. The van der Waals surface area contributed by atoms with Crippen molar-refractivity contribution in [3.63, 3.8) is 0 Å². The van der Waals surface area contributed by atoms with Crippen LogP contribution in [0.3, 0.4) is 0 Å². The summed E-state index contributed by atoms with van der Waals surface area (Å²) < 4.78 is 36.3. The van der Waals surface area contributed by atoms with Crippen molar-refractivity contribution in [3.8, 4) is 0 Å². The van der Waals surface area contributed by atoms with Gasteiger partial charge in [-0.05, 0) is 45.0 Å². The van der Waals surface area contributed by atoms with Gasteiger partial charge < -0.3 is 43.4 Å². The zero-order valence-electron chi connectivity index (χ0n) is 21.7. The normalized spacial score (nSPS) is 44.0. The van der Waals surface area contributed by atoms with E-state index in [9.17, 15) is 15.3 Å². The summed E-state index contributed by atoms with van der Waals surface area (Å²) in [7, 11) is -2.06. The summed E-state index contributed by atoms with van der Waals surface area (Å²) in [5.41, 5.74) is 0. The molecule has 11 atom stereocenters. The number of aliphatic hydroxyl groups is 3. The van der Waals surface area contributed by atoms with Gasteiger partial charge in [0.15, 0.2) is 20.9 Å². The molecule has 3 aliphatic rings. The molecule has 0 saturated carbocycles. The smallest absolute Gasteiger partial charge is 0.193 e. The summed E-state index contributed by atoms with van der Waals surface area (Å²) in [6.45, 7) is 16.4. The molecule has 0 radical (unpaired) electrons. The van der Waals surface area contributed by atoms with Crippen molar-refractivity contribution in [1.29, 1.82) is 0 Å². The van der Waals surface area contributed by atoms with Gasteiger partial charge in [-0.3, -0.25) is 0 Å². The van der Waals surface area contributed by atoms with E-state index in [1.54, 1.807) is 13.2 Å². The molecule has 3 N–H and O–H groups in total. The van der Waals surface area contributed by atoms with E-state index in [0.717, 1.165) is 0 Å². The largest absolute Gasteiger partial charge is 0.496 e. The van der Waals surface area contributed by atoms with Crippen LogP contribution in [0.2, 0.25) is 18.1 Å². The second-order valence-corrected chi connectivity index (χ2v) is 16.1. The van der Waals surface area contributed by atoms with Crippen LogP contribution >= 0.6 is 0 Å². The van der Waals surface area contributed by atoms with E-state index >= 15 is 0 Å². The van der Waals surface area contributed by atoms with Crippen LogP contribution in [-0.2, 0) is 28.1 Å². The summed E-state index contributed by atoms with van der Waals surface area (Å²) in [4.78, 5) is 0. The molecule has 9 nitrogen and oxygen atoms in total. The second-order valence-electron chi connectivity index (χ2n) is 11.4. The van der Waals surface area contributed by atoms with Crippen LogP contribution in [0.4, 0.5) is 0 Å². The van der Waals surface area contributed by atoms with E-state index in [1.165, 1.54) is 0 Å². The fourth-order valence-corrected chi connectivity index (χ4v) is 5.53. The van der Waals surface area contributed by atoms with Crippen LogP contribution in [0.25, 0.3) is 0 Å². The Labute approximate surface area is 204 Å². The van der Waals surface area contributed by atoms with Crippen LogP contribution in [-0.4, -0.2) is 91.2 Å². The number of aliphatic hydroxyl groups excluding tert-OH is 3. The number of hydrogen-bond donors (Lipinski definition) is 3. The molecule has 198 valence electrons. The van der Waals surface area contributed by atoms with Gasteiger partial charge in [-0.2, -0.15) is 0 Å². The van der Waals surface area contributed by atoms with Crippen LogP contribution in [0.1, 0.15) is 54.4 Å². The fraction of sp³-hybridized carbons (Fsp3) is 0.917.